The van der Waals surface area contributed by atoms with Crippen molar-refractivity contribution in [1.82, 2.24) is 9.97 Å². The normalized spacial score (nSPS) is 12.2. The minimum absolute atomic E-state index is 0.316. The Morgan fingerprint density at radius 3 is 2.95 bits per heavy atom. The number of hydrogen-bond donors (Lipinski definition) is 1. The molecule has 0 aliphatic heterocycles. The van der Waals surface area contributed by atoms with Crippen molar-refractivity contribution >= 4 is 23.1 Å². The number of aromatic nitrogens is 2. The van der Waals surface area contributed by atoms with E-state index in [0.29, 0.717) is 12.0 Å². The topological polar surface area (TPSA) is 41.1 Å². The van der Waals surface area contributed by atoms with E-state index in [-0.39, 0.29) is 0 Å². The van der Waals surface area contributed by atoms with Gasteiger partial charge in [-0.1, -0.05) is 0 Å². The number of rotatable bonds is 6. The van der Waals surface area contributed by atoms with E-state index < -0.39 is 0 Å². The van der Waals surface area contributed by atoms with E-state index >= 15 is 0 Å². The van der Waals surface area contributed by atoms with E-state index in [2.05, 4.69) is 50.9 Å². The lowest BCUT2D eigenvalue weighted by atomic mass is 10.1. The van der Waals surface area contributed by atoms with Crippen molar-refractivity contribution in [1.29, 1.82) is 0 Å². The molecule has 0 fully saturated rings. The fourth-order valence-electron chi connectivity index (χ4n) is 1.83. The first-order valence-corrected chi connectivity index (χ1v) is 7.45. The van der Waals surface area contributed by atoms with Crippen LogP contribution >= 0.6 is 11.3 Å². The van der Waals surface area contributed by atoms with Crippen LogP contribution < -0.4 is 10.2 Å². The van der Waals surface area contributed by atoms with Gasteiger partial charge in [0.2, 0.25) is 5.95 Å². The number of thiophene rings is 1. The second-order valence-electron chi connectivity index (χ2n) is 4.63. The molecule has 4 nitrogen and oxygen atoms in total. The highest BCUT2D eigenvalue weighted by Gasteiger charge is 2.07. The van der Waals surface area contributed by atoms with Gasteiger partial charge in [-0.25, -0.2) is 4.98 Å². The second-order valence-corrected chi connectivity index (χ2v) is 5.41. The lowest BCUT2D eigenvalue weighted by Crippen LogP contribution is -2.22. The maximum Gasteiger partial charge on any atom is 0.224 e. The van der Waals surface area contributed by atoms with Gasteiger partial charge in [0.15, 0.2) is 0 Å². The zero-order valence-electron chi connectivity index (χ0n) is 11.6. The largest absolute Gasteiger partial charge is 0.360 e. The first-order valence-electron chi connectivity index (χ1n) is 6.51. The van der Waals surface area contributed by atoms with Crippen molar-refractivity contribution in [2.24, 2.45) is 0 Å². The minimum atomic E-state index is 0.316. The molecule has 0 aliphatic rings. The van der Waals surface area contributed by atoms with Crippen molar-refractivity contribution in [3.05, 3.63) is 34.7 Å². The summed E-state index contributed by atoms with van der Waals surface area (Å²) in [5.74, 6) is 1.64. The maximum absolute atomic E-state index is 4.52. The third-order valence-electron chi connectivity index (χ3n) is 3.00. The van der Waals surface area contributed by atoms with E-state index in [4.69, 9.17) is 0 Å². The smallest absolute Gasteiger partial charge is 0.224 e. The molecule has 5 heteroatoms. The van der Waals surface area contributed by atoms with E-state index in [1.165, 1.54) is 5.56 Å². The van der Waals surface area contributed by atoms with Gasteiger partial charge in [-0.3, -0.25) is 0 Å². The molecule has 0 amide bonds. The molecule has 1 N–H and O–H groups in total. The Bertz CT molecular complexity index is 498. The van der Waals surface area contributed by atoms with Crippen LogP contribution in [0.3, 0.4) is 0 Å². The molecular weight excluding hydrogens is 256 g/mol. The minimum Gasteiger partial charge on any atom is -0.360 e. The van der Waals surface area contributed by atoms with Gasteiger partial charge in [0.05, 0.1) is 0 Å². The second kappa shape index (κ2) is 6.52. The van der Waals surface area contributed by atoms with Gasteiger partial charge in [-0.2, -0.15) is 16.3 Å². The third kappa shape index (κ3) is 3.92. The summed E-state index contributed by atoms with van der Waals surface area (Å²) in [6.45, 7) is 5.19. The van der Waals surface area contributed by atoms with E-state index in [9.17, 15) is 0 Å². The predicted molar refractivity (Wildman–Crippen MR) is 82.1 cm³/mol. The standard InChI is InChI=1S/C14H20N4S/c1-4-18(3)13-5-7-15-14(17-13)16-11(2)9-12-6-8-19-10-12/h5-8,10-11H,4,9H2,1-3H3,(H,15,16,17). The molecule has 102 valence electrons. The van der Waals surface area contributed by atoms with Gasteiger partial charge in [0.1, 0.15) is 5.82 Å². The average molecular weight is 276 g/mol. The molecule has 0 spiro atoms. The van der Waals surface area contributed by atoms with Crippen LogP contribution in [-0.4, -0.2) is 29.6 Å². The molecule has 2 aromatic heterocycles. The molecule has 0 bridgehead atoms. The van der Waals surface area contributed by atoms with Crippen molar-refractivity contribution in [3.63, 3.8) is 0 Å². The third-order valence-corrected chi connectivity index (χ3v) is 3.74. The summed E-state index contributed by atoms with van der Waals surface area (Å²) in [4.78, 5) is 10.9. The highest BCUT2D eigenvalue weighted by molar-refractivity contribution is 7.07. The van der Waals surface area contributed by atoms with Gasteiger partial charge >= 0.3 is 0 Å². The summed E-state index contributed by atoms with van der Waals surface area (Å²) < 4.78 is 0. The Morgan fingerprint density at radius 2 is 2.26 bits per heavy atom. The zero-order chi connectivity index (χ0) is 13.7. The van der Waals surface area contributed by atoms with Gasteiger partial charge in [0.25, 0.3) is 0 Å². The first kappa shape index (κ1) is 13.8. The van der Waals surface area contributed by atoms with Crippen LogP contribution in [0.25, 0.3) is 0 Å². The Kier molecular flexibility index (Phi) is 4.74. The van der Waals surface area contributed by atoms with Crippen LogP contribution in [0.4, 0.5) is 11.8 Å². The molecule has 0 aromatic carbocycles. The fourth-order valence-corrected chi connectivity index (χ4v) is 2.51. The number of nitrogens with one attached hydrogen (secondary N) is 1. The van der Waals surface area contributed by atoms with Crippen LogP contribution in [0.2, 0.25) is 0 Å². The van der Waals surface area contributed by atoms with Gasteiger partial charge in [-0.05, 0) is 48.7 Å². The summed E-state index contributed by atoms with van der Waals surface area (Å²) in [6.07, 6.45) is 2.79. The molecule has 2 rings (SSSR count). The Morgan fingerprint density at radius 1 is 1.42 bits per heavy atom. The summed E-state index contributed by atoms with van der Waals surface area (Å²) in [7, 11) is 2.03. The Balaban J connectivity index is 1.98. The molecule has 2 heterocycles. The van der Waals surface area contributed by atoms with Crippen molar-refractivity contribution < 1.29 is 0 Å². The fraction of sp³-hybridized carbons (Fsp3) is 0.429. The molecular formula is C14H20N4S. The molecule has 0 saturated carbocycles. The van der Waals surface area contributed by atoms with Crippen LogP contribution in [0.5, 0.6) is 0 Å². The van der Waals surface area contributed by atoms with Crippen LogP contribution in [0.15, 0.2) is 29.1 Å². The average Bonchev–Trinajstić information content (AvgIpc) is 2.90. The molecule has 0 saturated heterocycles. The highest BCUT2D eigenvalue weighted by atomic mass is 32.1. The summed E-state index contributed by atoms with van der Waals surface area (Å²) >= 11 is 1.73. The van der Waals surface area contributed by atoms with E-state index in [0.717, 1.165) is 18.8 Å². The lowest BCUT2D eigenvalue weighted by Gasteiger charge is -2.17. The quantitative estimate of drug-likeness (QED) is 0.880. The monoisotopic (exact) mass is 276 g/mol. The van der Waals surface area contributed by atoms with Gasteiger partial charge in [-0.15, -0.1) is 0 Å². The van der Waals surface area contributed by atoms with Crippen molar-refractivity contribution in [2.45, 2.75) is 26.3 Å². The zero-order valence-corrected chi connectivity index (χ0v) is 12.4. The van der Waals surface area contributed by atoms with Crippen molar-refractivity contribution in [3.8, 4) is 0 Å². The molecule has 2 aromatic rings. The molecule has 19 heavy (non-hydrogen) atoms. The lowest BCUT2D eigenvalue weighted by molar-refractivity contribution is 0.777. The summed E-state index contributed by atoms with van der Waals surface area (Å²) in [5.41, 5.74) is 1.35. The van der Waals surface area contributed by atoms with Crippen molar-refractivity contribution in [2.75, 3.05) is 23.8 Å². The molecule has 0 radical (unpaired) electrons. The highest BCUT2D eigenvalue weighted by Crippen LogP contribution is 2.13. The predicted octanol–water partition coefficient (Wildman–Crippen LogP) is 3.04. The molecule has 1 atom stereocenters. The van der Waals surface area contributed by atoms with Gasteiger partial charge in [0, 0.05) is 25.8 Å². The number of nitrogens with zero attached hydrogens (tertiary/aromatic N) is 3. The number of hydrogen-bond acceptors (Lipinski definition) is 5. The SMILES string of the molecule is CCN(C)c1ccnc(NC(C)Cc2ccsc2)n1. The maximum atomic E-state index is 4.52. The Labute approximate surface area is 118 Å². The summed E-state index contributed by atoms with van der Waals surface area (Å²) in [6, 6.07) is 4.40. The molecule has 1 unspecified atom stereocenters. The van der Waals surface area contributed by atoms with Gasteiger partial charge < -0.3 is 10.2 Å². The first-order chi connectivity index (χ1) is 9.19. The van der Waals surface area contributed by atoms with E-state index in [1.54, 1.807) is 17.5 Å². The Hall–Kier alpha value is -1.62. The summed E-state index contributed by atoms with van der Waals surface area (Å²) in [5, 5.41) is 7.64. The van der Waals surface area contributed by atoms with Crippen LogP contribution in [-0.2, 0) is 6.42 Å². The van der Waals surface area contributed by atoms with Crippen LogP contribution in [0.1, 0.15) is 19.4 Å². The molecule has 0 aliphatic carbocycles. The number of anilines is 2. The van der Waals surface area contributed by atoms with E-state index in [1.807, 2.05) is 13.1 Å². The van der Waals surface area contributed by atoms with Crippen LogP contribution in [0, 0.1) is 0 Å².